The number of rotatable bonds is 7. The van der Waals surface area contributed by atoms with Crippen molar-refractivity contribution in [1.29, 1.82) is 0 Å². The second kappa shape index (κ2) is 12.0. The minimum absolute atomic E-state index is 0. The molecule has 1 saturated heterocycles. The Morgan fingerprint density at radius 3 is 2.50 bits per heavy atom. The van der Waals surface area contributed by atoms with Crippen molar-refractivity contribution in [2.75, 3.05) is 33.3 Å². The third kappa shape index (κ3) is 6.16. The highest BCUT2D eigenvalue weighted by atomic mass is 35.5. The zero-order valence-electron chi connectivity index (χ0n) is 14.4. The summed E-state index contributed by atoms with van der Waals surface area (Å²) >= 11 is 6.18. The molecule has 0 aliphatic carbocycles. The molecule has 1 fully saturated rings. The van der Waals surface area contributed by atoms with Crippen LogP contribution in [0.4, 0.5) is 0 Å². The SMILES string of the molecule is CCCCC[C@H](c1cc(Cl)c(O)c(OC)c1)N1CCNCC1.Cl.Cl. The van der Waals surface area contributed by atoms with E-state index in [-0.39, 0.29) is 30.6 Å². The summed E-state index contributed by atoms with van der Waals surface area (Å²) in [5, 5.41) is 13.7. The van der Waals surface area contributed by atoms with E-state index in [2.05, 4.69) is 17.1 Å². The summed E-state index contributed by atoms with van der Waals surface area (Å²) in [4.78, 5) is 2.51. The fraction of sp³-hybridized carbons (Fsp3) is 0.647. The molecule has 0 aromatic heterocycles. The lowest BCUT2D eigenvalue weighted by Gasteiger charge is -2.35. The van der Waals surface area contributed by atoms with Crippen molar-refractivity contribution in [3.8, 4) is 11.5 Å². The summed E-state index contributed by atoms with van der Waals surface area (Å²) in [5.74, 6) is 0.485. The van der Waals surface area contributed by atoms with Crippen LogP contribution in [0.2, 0.25) is 5.02 Å². The number of nitrogens with one attached hydrogen (secondary N) is 1. The van der Waals surface area contributed by atoms with Gasteiger partial charge in [0.2, 0.25) is 0 Å². The summed E-state index contributed by atoms with van der Waals surface area (Å²) in [7, 11) is 1.56. The zero-order chi connectivity index (χ0) is 15.9. The minimum atomic E-state index is 0. The summed E-state index contributed by atoms with van der Waals surface area (Å²) in [6.45, 7) is 6.34. The highest BCUT2D eigenvalue weighted by Gasteiger charge is 2.23. The van der Waals surface area contributed by atoms with Gasteiger partial charge in [0.05, 0.1) is 12.1 Å². The van der Waals surface area contributed by atoms with Gasteiger partial charge in [-0.05, 0) is 24.1 Å². The molecule has 0 bridgehead atoms. The molecule has 1 aliphatic heterocycles. The van der Waals surface area contributed by atoms with Gasteiger partial charge in [-0.1, -0.05) is 37.8 Å². The Bertz CT molecular complexity index is 483. The van der Waals surface area contributed by atoms with E-state index in [0.717, 1.165) is 38.2 Å². The Labute approximate surface area is 162 Å². The van der Waals surface area contributed by atoms with Crippen LogP contribution >= 0.6 is 36.4 Å². The first-order valence-electron chi connectivity index (χ1n) is 8.18. The van der Waals surface area contributed by atoms with E-state index in [1.807, 2.05) is 12.1 Å². The molecule has 140 valence electrons. The number of phenolic OH excluding ortho intramolecular Hbond substituents is 1. The number of methoxy groups -OCH3 is 1. The number of hydrogen-bond acceptors (Lipinski definition) is 4. The largest absolute Gasteiger partial charge is 0.503 e. The minimum Gasteiger partial charge on any atom is -0.503 e. The van der Waals surface area contributed by atoms with E-state index in [4.69, 9.17) is 16.3 Å². The van der Waals surface area contributed by atoms with Gasteiger partial charge in [0.15, 0.2) is 11.5 Å². The van der Waals surface area contributed by atoms with Crippen molar-refractivity contribution in [3.63, 3.8) is 0 Å². The lowest BCUT2D eigenvalue weighted by Crippen LogP contribution is -2.45. The third-order valence-electron chi connectivity index (χ3n) is 4.33. The van der Waals surface area contributed by atoms with Crippen LogP contribution < -0.4 is 10.1 Å². The van der Waals surface area contributed by atoms with E-state index in [1.165, 1.54) is 19.3 Å². The molecule has 2 N–H and O–H groups in total. The van der Waals surface area contributed by atoms with Gasteiger partial charge in [-0.25, -0.2) is 0 Å². The number of benzene rings is 1. The summed E-state index contributed by atoms with van der Waals surface area (Å²) in [6.07, 6.45) is 4.77. The Hall–Kier alpha value is -0.390. The van der Waals surface area contributed by atoms with Crippen molar-refractivity contribution >= 4 is 36.4 Å². The smallest absolute Gasteiger partial charge is 0.176 e. The van der Waals surface area contributed by atoms with Gasteiger partial charge in [0.25, 0.3) is 0 Å². The quantitative estimate of drug-likeness (QED) is 0.666. The second-order valence-corrected chi connectivity index (χ2v) is 6.26. The van der Waals surface area contributed by atoms with Gasteiger partial charge < -0.3 is 15.2 Å². The maximum atomic E-state index is 9.95. The first-order chi connectivity index (χ1) is 10.7. The number of ether oxygens (including phenoxy) is 1. The van der Waals surface area contributed by atoms with Gasteiger partial charge in [0.1, 0.15) is 0 Å². The molecule has 0 spiro atoms. The average Bonchev–Trinajstić information content (AvgIpc) is 2.55. The fourth-order valence-electron chi connectivity index (χ4n) is 3.08. The summed E-state index contributed by atoms with van der Waals surface area (Å²) < 4.78 is 5.26. The topological polar surface area (TPSA) is 44.7 Å². The number of halogens is 3. The van der Waals surface area contributed by atoms with Crippen molar-refractivity contribution in [3.05, 3.63) is 22.7 Å². The van der Waals surface area contributed by atoms with E-state index in [9.17, 15) is 5.11 Å². The summed E-state index contributed by atoms with van der Waals surface area (Å²) in [6, 6.07) is 4.15. The van der Waals surface area contributed by atoms with Crippen LogP contribution in [-0.2, 0) is 0 Å². The predicted molar refractivity (Wildman–Crippen MR) is 105 cm³/mol. The van der Waals surface area contributed by atoms with E-state index in [1.54, 1.807) is 7.11 Å². The number of nitrogens with zero attached hydrogens (tertiary/aromatic N) is 1. The number of phenols is 1. The Morgan fingerprint density at radius 2 is 1.92 bits per heavy atom. The first-order valence-corrected chi connectivity index (χ1v) is 8.56. The monoisotopic (exact) mass is 398 g/mol. The maximum absolute atomic E-state index is 9.95. The molecule has 0 saturated carbocycles. The van der Waals surface area contributed by atoms with Crippen LogP contribution in [0.25, 0.3) is 0 Å². The van der Waals surface area contributed by atoms with E-state index < -0.39 is 0 Å². The molecule has 0 unspecified atom stereocenters. The molecule has 1 aromatic rings. The molecule has 0 amide bonds. The Morgan fingerprint density at radius 1 is 1.25 bits per heavy atom. The van der Waals surface area contributed by atoms with Crippen molar-refractivity contribution in [1.82, 2.24) is 10.2 Å². The Balaban J connectivity index is 0.00000264. The van der Waals surface area contributed by atoms with Crippen LogP contribution in [0.1, 0.15) is 44.2 Å². The number of hydrogen-bond donors (Lipinski definition) is 2. The molecule has 1 aliphatic rings. The normalized spacial score (nSPS) is 16.0. The van der Waals surface area contributed by atoms with Gasteiger partial charge in [-0.15, -0.1) is 24.8 Å². The maximum Gasteiger partial charge on any atom is 0.176 e. The number of aromatic hydroxyl groups is 1. The predicted octanol–water partition coefficient (Wildman–Crippen LogP) is 4.42. The molecule has 7 heteroatoms. The molecule has 1 heterocycles. The number of unbranched alkanes of at least 4 members (excludes halogenated alkanes) is 2. The zero-order valence-corrected chi connectivity index (χ0v) is 16.8. The van der Waals surface area contributed by atoms with Crippen LogP contribution in [0.3, 0.4) is 0 Å². The molecular weight excluding hydrogens is 371 g/mol. The fourth-order valence-corrected chi connectivity index (χ4v) is 3.30. The first kappa shape index (κ1) is 23.6. The van der Waals surface area contributed by atoms with Gasteiger partial charge in [0, 0.05) is 32.2 Å². The van der Waals surface area contributed by atoms with Crippen LogP contribution in [0.15, 0.2) is 12.1 Å². The number of piperazine rings is 1. The van der Waals surface area contributed by atoms with E-state index >= 15 is 0 Å². The van der Waals surface area contributed by atoms with Crippen LogP contribution in [0.5, 0.6) is 11.5 Å². The van der Waals surface area contributed by atoms with Gasteiger partial charge in [-0.2, -0.15) is 0 Å². The standard InChI is InChI=1S/C17H27ClN2O2.2ClH/c1-3-4-5-6-15(20-9-7-19-8-10-20)13-11-14(18)17(21)16(12-13)22-2;;/h11-12,15,19,21H,3-10H2,1-2H3;2*1H/t15-;;/m1../s1. The molecule has 2 rings (SSSR count). The van der Waals surface area contributed by atoms with Crippen molar-refractivity contribution in [2.24, 2.45) is 0 Å². The van der Waals surface area contributed by atoms with Crippen LogP contribution in [0, 0.1) is 0 Å². The highest BCUT2D eigenvalue weighted by molar-refractivity contribution is 6.32. The third-order valence-corrected chi connectivity index (χ3v) is 4.62. The molecule has 0 radical (unpaired) electrons. The van der Waals surface area contributed by atoms with Crippen LogP contribution in [-0.4, -0.2) is 43.3 Å². The van der Waals surface area contributed by atoms with Gasteiger partial charge in [-0.3, -0.25) is 4.90 Å². The van der Waals surface area contributed by atoms with Crippen molar-refractivity contribution in [2.45, 2.75) is 38.6 Å². The average molecular weight is 400 g/mol. The Kier molecular flexibility index (Phi) is 11.8. The highest BCUT2D eigenvalue weighted by Crippen LogP contribution is 2.39. The molecular formula is C17H29Cl3N2O2. The molecule has 4 nitrogen and oxygen atoms in total. The summed E-state index contributed by atoms with van der Waals surface area (Å²) in [5.41, 5.74) is 1.14. The molecule has 24 heavy (non-hydrogen) atoms. The second-order valence-electron chi connectivity index (χ2n) is 5.85. The molecule has 1 aromatic carbocycles. The lowest BCUT2D eigenvalue weighted by molar-refractivity contribution is 0.162. The van der Waals surface area contributed by atoms with Gasteiger partial charge >= 0.3 is 0 Å². The lowest BCUT2D eigenvalue weighted by atomic mass is 9.97. The molecule has 1 atom stereocenters. The van der Waals surface area contributed by atoms with Crippen molar-refractivity contribution < 1.29 is 9.84 Å². The van der Waals surface area contributed by atoms with E-state index in [0.29, 0.717) is 16.8 Å².